The molecule has 1 fully saturated rings. The zero-order valence-electron chi connectivity index (χ0n) is 16.1. The number of likely N-dealkylation sites (tertiary alicyclic amines) is 1. The van der Waals surface area contributed by atoms with E-state index in [2.05, 4.69) is 12.1 Å². The molecule has 1 atom stereocenters. The molecule has 4 nitrogen and oxygen atoms in total. The highest BCUT2D eigenvalue weighted by atomic mass is 35.5. The summed E-state index contributed by atoms with van der Waals surface area (Å²) >= 11 is 11.4. The van der Waals surface area contributed by atoms with Crippen LogP contribution in [0.1, 0.15) is 23.1 Å². The van der Waals surface area contributed by atoms with Crippen LogP contribution in [0.25, 0.3) is 0 Å². The fourth-order valence-corrected chi connectivity index (χ4v) is 4.21. The van der Waals surface area contributed by atoms with Crippen LogP contribution in [0.3, 0.4) is 0 Å². The Kier molecular flexibility index (Phi) is 5.40. The summed E-state index contributed by atoms with van der Waals surface area (Å²) in [6, 6.07) is 7.28. The zero-order chi connectivity index (χ0) is 23.5. The third-order valence-electron chi connectivity index (χ3n) is 5.61. The van der Waals surface area contributed by atoms with Crippen molar-refractivity contribution < 1.29 is 31.6 Å². The molecule has 1 amide bonds. The molecule has 4 rings (SSSR count). The molecular formula is C21H14Cl2F5N2O2. The minimum atomic E-state index is -4.93. The Morgan fingerprint density at radius 1 is 1.09 bits per heavy atom. The number of hydrogen-bond donors (Lipinski definition) is 0. The van der Waals surface area contributed by atoms with Crippen molar-refractivity contribution >= 4 is 34.8 Å². The lowest BCUT2D eigenvalue weighted by molar-refractivity contribution is -0.275. The largest absolute Gasteiger partial charge is 0.435 e. The van der Waals surface area contributed by atoms with E-state index < -0.39 is 51.2 Å². The van der Waals surface area contributed by atoms with Crippen LogP contribution in [0, 0.1) is 12.7 Å². The molecule has 1 saturated heterocycles. The number of hydrogen-bond acceptors (Lipinski definition) is 3. The van der Waals surface area contributed by atoms with Gasteiger partial charge in [-0.05, 0) is 23.3 Å². The lowest BCUT2D eigenvalue weighted by Crippen LogP contribution is -2.58. The Bertz CT molecular complexity index is 1090. The lowest BCUT2D eigenvalue weighted by Gasteiger charge is -2.44. The minimum Gasteiger partial charge on any atom is -0.374 e. The molecule has 2 aromatic rings. The average molecular weight is 492 g/mol. The van der Waals surface area contributed by atoms with Crippen molar-refractivity contribution in [2.24, 2.45) is 5.16 Å². The quantitative estimate of drug-likeness (QED) is 0.416. The lowest BCUT2D eigenvalue weighted by atomic mass is 9.85. The normalized spacial score (nSPS) is 22.2. The molecule has 2 aromatic carbocycles. The Hall–Kier alpha value is -2.39. The second-order valence-electron chi connectivity index (χ2n) is 7.68. The molecule has 32 heavy (non-hydrogen) atoms. The van der Waals surface area contributed by atoms with Crippen molar-refractivity contribution in [2.75, 3.05) is 13.1 Å². The highest BCUT2D eigenvalue weighted by molar-refractivity contribution is 6.35. The second kappa shape index (κ2) is 7.59. The molecule has 0 unspecified atom stereocenters. The van der Waals surface area contributed by atoms with Gasteiger partial charge in [-0.25, -0.2) is 8.78 Å². The number of alkyl halides is 4. The molecule has 0 bridgehead atoms. The van der Waals surface area contributed by atoms with Gasteiger partial charge in [0.1, 0.15) is 0 Å². The minimum absolute atomic E-state index is 0.0403. The summed E-state index contributed by atoms with van der Waals surface area (Å²) in [7, 11) is 0. The van der Waals surface area contributed by atoms with Crippen molar-refractivity contribution in [1.29, 1.82) is 0 Å². The van der Waals surface area contributed by atoms with Crippen LogP contribution < -0.4 is 0 Å². The molecule has 11 heteroatoms. The van der Waals surface area contributed by atoms with E-state index in [0.29, 0.717) is 0 Å². The second-order valence-corrected chi connectivity index (χ2v) is 8.49. The Labute approximate surface area is 189 Å². The van der Waals surface area contributed by atoms with E-state index in [1.54, 1.807) is 0 Å². The maximum Gasteiger partial charge on any atom is 0.435 e. The molecule has 1 radical (unpaired) electrons. The van der Waals surface area contributed by atoms with Crippen molar-refractivity contribution in [2.45, 2.75) is 23.9 Å². The number of carbonyl (C=O) groups excluding carboxylic acids is 1. The first-order valence-electron chi connectivity index (χ1n) is 9.24. The van der Waals surface area contributed by atoms with Crippen LogP contribution in [0.4, 0.5) is 22.0 Å². The van der Waals surface area contributed by atoms with Gasteiger partial charge in [0.2, 0.25) is 5.91 Å². The number of benzene rings is 2. The maximum atomic E-state index is 14.9. The summed E-state index contributed by atoms with van der Waals surface area (Å²) in [5, 5.41) is 2.44. The standard InChI is InChI=1S/C21H14Cl2F5N2O2/c1-11(31)30-9-19(25,10-30)13-4-2-12(3-5-13)17-8-20(32-29-17,21(26,27)28)14-6-15(22)18(24)16(23)7-14/h2-7H,1,8-10H2/t20-/m0/s1. The Balaban J connectivity index is 1.60. The summed E-state index contributed by atoms with van der Waals surface area (Å²) in [4.78, 5) is 17.3. The fourth-order valence-electron chi connectivity index (χ4n) is 3.73. The van der Waals surface area contributed by atoms with Gasteiger partial charge in [-0.3, -0.25) is 4.79 Å². The first-order chi connectivity index (χ1) is 14.9. The monoisotopic (exact) mass is 491 g/mol. The van der Waals surface area contributed by atoms with Gasteiger partial charge in [0.25, 0.3) is 5.60 Å². The van der Waals surface area contributed by atoms with Crippen LogP contribution in [0.5, 0.6) is 0 Å². The summed E-state index contributed by atoms with van der Waals surface area (Å²) < 4.78 is 70.8. The molecule has 0 aromatic heterocycles. The average Bonchev–Trinajstić information content (AvgIpc) is 3.16. The number of amides is 1. The van der Waals surface area contributed by atoms with Crippen LogP contribution in [-0.2, 0) is 20.9 Å². The molecule has 0 spiro atoms. The third kappa shape index (κ3) is 3.61. The van der Waals surface area contributed by atoms with Crippen LogP contribution in [0.2, 0.25) is 10.0 Å². The zero-order valence-corrected chi connectivity index (χ0v) is 17.7. The first-order valence-corrected chi connectivity index (χ1v) is 9.99. The van der Waals surface area contributed by atoms with Crippen LogP contribution in [-0.4, -0.2) is 35.8 Å². The summed E-state index contributed by atoms with van der Waals surface area (Å²) in [6.07, 6.45) is -5.65. The van der Waals surface area contributed by atoms with E-state index in [9.17, 15) is 26.7 Å². The molecule has 2 heterocycles. The first kappa shape index (κ1) is 22.8. The van der Waals surface area contributed by atoms with E-state index in [4.69, 9.17) is 28.0 Å². The summed E-state index contributed by atoms with van der Waals surface area (Å²) in [5.41, 5.74) is -4.64. The van der Waals surface area contributed by atoms with E-state index in [1.165, 1.54) is 29.2 Å². The molecule has 0 N–H and O–H groups in total. The van der Waals surface area contributed by atoms with Gasteiger partial charge < -0.3 is 9.74 Å². The molecule has 0 saturated carbocycles. The van der Waals surface area contributed by atoms with E-state index in [0.717, 1.165) is 12.1 Å². The number of rotatable bonds is 3. The number of nitrogens with zero attached hydrogens (tertiary/aromatic N) is 2. The highest BCUT2D eigenvalue weighted by Crippen LogP contribution is 2.50. The third-order valence-corrected chi connectivity index (χ3v) is 6.16. The van der Waals surface area contributed by atoms with Gasteiger partial charge in [0, 0.05) is 18.9 Å². The van der Waals surface area contributed by atoms with Gasteiger partial charge in [-0.1, -0.05) is 52.6 Å². The summed E-state index contributed by atoms with van der Waals surface area (Å²) in [6.45, 7) is 2.92. The molecule has 0 aliphatic carbocycles. The van der Waals surface area contributed by atoms with Gasteiger partial charge in [0.05, 0.1) is 28.8 Å². The van der Waals surface area contributed by atoms with Crippen LogP contribution >= 0.6 is 23.2 Å². The molecule has 2 aliphatic rings. The van der Waals surface area contributed by atoms with Crippen molar-refractivity contribution in [3.63, 3.8) is 0 Å². The van der Waals surface area contributed by atoms with E-state index in [-0.39, 0.29) is 29.9 Å². The van der Waals surface area contributed by atoms with Crippen LogP contribution in [0.15, 0.2) is 41.6 Å². The molecule has 2 aliphatic heterocycles. The Morgan fingerprint density at radius 2 is 1.66 bits per heavy atom. The van der Waals surface area contributed by atoms with Crippen molar-refractivity contribution in [3.8, 4) is 0 Å². The van der Waals surface area contributed by atoms with Crippen molar-refractivity contribution in [1.82, 2.24) is 4.90 Å². The number of carbonyl (C=O) groups is 1. The topological polar surface area (TPSA) is 41.9 Å². The number of halogens is 7. The van der Waals surface area contributed by atoms with Gasteiger partial charge in [-0.15, -0.1) is 0 Å². The van der Waals surface area contributed by atoms with Gasteiger partial charge in [-0.2, -0.15) is 13.2 Å². The van der Waals surface area contributed by atoms with E-state index >= 15 is 0 Å². The molecular weight excluding hydrogens is 478 g/mol. The van der Waals surface area contributed by atoms with Gasteiger partial charge in [0.15, 0.2) is 11.5 Å². The van der Waals surface area contributed by atoms with Crippen molar-refractivity contribution in [3.05, 3.63) is 75.9 Å². The Morgan fingerprint density at radius 3 is 2.16 bits per heavy atom. The van der Waals surface area contributed by atoms with Gasteiger partial charge >= 0.3 is 6.18 Å². The predicted octanol–water partition coefficient (Wildman–Crippen LogP) is 5.56. The smallest absolute Gasteiger partial charge is 0.374 e. The molecule has 169 valence electrons. The highest BCUT2D eigenvalue weighted by Gasteiger charge is 2.62. The predicted molar refractivity (Wildman–Crippen MR) is 108 cm³/mol. The maximum absolute atomic E-state index is 14.9. The number of oxime groups is 1. The SMILES string of the molecule is [CH2]C(=O)N1CC(F)(c2ccc(C3=NO[C@@](c4cc(Cl)c(F)c(Cl)c4)(C(F)(F)F)C3)cc2)C1. The summed E-state index contributed by atoms with van der Waals surface area (Å²) in [5.74, 6) is -1.53. The fraction of sp³-hybridized carbons (Fsp3) is 0.286. The van der Waals surface area contributed by atoms with E-state index in [1.807, 2.05) is 0 Å².